The maximum absolute atomic E-state index is 13.6. The Hall–Kier alpha value is -3.78. The average Bonchev–Trinajstić information content (AvgIpc) is 2.81. The van der Waals surface area contributed by atoms with Crippen molar-refractivity contribution in [1.29, 1.82) is 0 Å². The van der Waals surface area contributed by atoms with E-state index >= 15 is 0 Å². The summed E-state index contributed by atoms with van der Waals surface area (Å²) in [6.07, 6.45) is 1.22. The Labute approximate surface area is 193 Å². The lowest BCUT2D eigenvalue weighted by molar-refractivity contribution is 0.104. The summed E-state index contributed by atoms with van der Waals surface area (Å²) in [5, 5.41) is 2.93. The zero-order valence-corrected chi connectivity index (χ0v) is 19.3. The van der Waals surface area contributed by atoms with Crippen molar-refractivity contribution in [2.75, 3.05) is 23.8 Å². The molecule has 170 valence electrons. The number of ether oxygens (including phenoxy) is 2. The first-order chi connectivity index (χ1) is 15.8. The minimum Gasteiger partial charge on any atom is -0.497 e. The summed E-state index contributed by atoms with van der Waals surface area (Å²) in [6.45, 7) is 2.05. The Morgan fingerprint density at radius 2 is 1.76 bits per heavy atom. The molecule has 0 aromatic heterocycles. The standard InChI is InChI=1S/C25H24N2O5S/c1-17-7-6-8-18(13-17)16-27-22-10-5-4-9-20(22)25(28)24(33(27,29)30)15-26-21-14-19(31-2)11-12-23(21)32-3/h4-15,26H,16H2,1-3H3/b24-15+. The maximum atomic E-state index is 13.6. The summed E-state index contributed by atoms with van der Waals surface area (Å²) in [5.41, 5.74) is 3.00. The number of hydrogen-bond acceptors (Lipinski definition) is 6. The highest BCUT2D eigenvalue weighted by Crippen LogP contribution is 2.37. The first-order valence-electron chi connectivity index (χ1n) is 10.3. The Bertz CT molecular complexity index is 1350. The number of methoxy groups -OCH3 is 2. The number of Topliss-reactive ketones (excluding diaryl/α,β-unsaturated/α-hetero) is 1. The van der Waals surface area contributed by atoms with E-state index in [4.69, 9.17) is 9.47 Å². The van der Waals surface area contributed by atoms with Gasteiger partial charge in [-0.05, 0) is 36.8 Å². The van der Waals surface area contributed by atoms with Gasteiger partial charge in [-0.2, -0.15) is 0 Å². The quantitative estimate of drug-likeness (QED) is 0.541. The van der Waals surface area contributed by atoms with Gasteiger partial charge in [-0.1, -0.05) is 42.0 Å². The summed E-state index contributed by atoms with van der Waals surface area (Å²) in [6, 6.07) is 19.4. The van der Waals surface area contributed by atoms with Gasteiger partial charge in [0.25, 0.3) is 10.0 Å². The molecule has 0 aliphatic carbocycles. The molecule has 0 saturated carbocycles. The van der Waals surface area contributed by atoms with Crippen LogP contribution in [-0.2, 0) is 16.6 Å². The van der Waals surface area contributed by atoms with Crippen LogP contribution in [0.4, 0.5) is 11.4 Å². The molecule has 1 heterocycles. The number of hydrogen-bond donors (Lipinski definition) is 1. The highest BCUT2D eigenvalue weighted by molar-refractivity contribution is 7.97. The van der Waals surface area contributed by atoms with Crippen molar-refractivity contribution in [3.63, 3.8) is 0 Å². The maximum Gasteiger partial charge on any atom is 0.270 e. The second kappa shape index (κ2) is 8.99. The molecule has 0 saturated heterocycles. The molecule has 33 heavy (non-hydrogen) atoms. The Kier molecular flexibility index (Phi) is 6.11. The highest BCUT2D eigenvalue weighted by atomic mass is 32.2. The van der Waals surface area contributed by atoms with Crippen LogP contribution in [0.2, 0.25) is 0 Å². The van der Waals surface area contributed by atoms with Crippen molar-refractivity contribution < 1.29 is 22.7 Å². The van der Waals surface area contributed by atoms with Crippen molar-refractivity contribution in [3.8, 4) is 11.5 Å². The van der Waals surface area contributed by atoms with E-state index in [1.54, 1.807) is 42.5 Å². The number of sulfonamides is 1. The molecule has 0 unspecified atom stereocenters. The number of carbonyl (C=O) groups excluding carboxylic acids is 1. The summed E-state index contributed by atoms with van der Waals surface area (Å²) >= 11 is 0. The zero-order chi connectivity index (χ0) is 23.6. The Morgan fingerprint density at radius 3 is 2.48 bits per heavy atom. The molecule has 4 rings (SSSR count). The van der Waals surface area contributed by atoms with E-state index in [1.165, 1.54) is 24.7 Å². The molecular formula is C25H24N2O5S. The lowest BCUT2D eigenvalue weighted by Crippen LogP contribution is -2.39. The van der Waals surface area contributed by atoms with E-state index in [0.717, 1.165) is 11.1 Å². The van der Waals surface area contributed by atoms with E-state index in [0.29, 0.717) is 28.4 Å². The van der Waals surface area contributed by atoms with Crippen LogP contribution in [0.1, 0.15) is 21.5 Å². The number of ketones is 1. The van der Waals surface area contributed by atoms with Gasteiger partial charge in [0, 0.05) is 17.8 Å². The van der Waals surface area contributed by atoms with Crippen LogP contribution in [0, 0.1) is 6.92 Å². The van der Waals surface area contributed by atoms with Crippen LogP contribution in [0.3, 0.4) is 0 Å². The number of rotatable bonds is 6. The van der Waals surface area contributed by atoms with Crippen molar-refractivity contribution in [1.82, 2.24) is 0 Å². The second-order valence-electron chi connectivity index (χ2n) is 7.57. The van der Waals surface area contributed by atoms with Crippen molar-refractivity contribution in [3.05, 3.63) is 94.5 Å². The number of allylic oxidation sites excluding steroid dienone is 1. The number of para-hydroxylation sites is 1. The highest BCUT2D eigenvalue weighted by Gasteiger charge is 2.40. The minimum atomic E-state index is -4.13. The predicted molar refractivity (Wildman–Crippen MR) is 128 cm³/mol. The number of aryl methyl sites for hydroxylation is 1. The lowest BCUT2D eigenvalue weighted by atomic mass is 10.1. The molecule has 7 nitrogen and oxygen atoms in total. The van der Waals surface area contributed by atoms with Crippen LogP contribution in [0.25, 0.3) is 0 Å². The third-order valence-electron chi connectivity index (χ3n) is 5.38. The number of benzene rings is 3. The fourth-order valence-electron chi connectivity index (χ4n) is 3.74. The molecule has 0 amide bonds. The van der Waals surface area contributed by atoms with E-state index in [9.17, 15) is 13.2 Å². The molecular weight excluding hydrogens is 440 g/mol. The van der Waals surface area contributed by atoms with Crippen LogP contribution < -0.4 is 19.1 Å². The van der Waals surface area contributed by atoms with Gasteiger partial charge in [0.2, 0.25) is 5.78 Å². The van der Waals surface area contributed by atoms with E-state index < -0.39 is 15.8 Å². The molecule has 0 bridgehead atoms. The topological polar surface area (TPSA) is 84.9 Å². The number of anilines is 2. The van der Waals surface area contributed by atoms with Gasteiger partial charge in [0.15, 0.2) is 4.91 Å². The zero-order valence-electron chi connectivity index (χ0n) is 18.5. The minimum absolute atomic E-state index is 0.105. The number of fused-ring (bicyclic) bond motifs is 1. The average molecular weight is 465 g/mol. The second-order valence-corrected chi connectivity index (χ2v) is 9.40. The van der Waals surface area contributed by atoms with E-state index in [1.807, 2.05) is 31.2 Å². The van der Waals surface area contributed by atoms with Crippen LogP contribution in [0.5, 0.6) is 11.5 Å². The Morgan fingerprint density at radius 1 is 0.970 bits per heavy atom. The van der Waals surface area contributed by atoms with Crippen molar-refractivity contribution in [2.24, 2.45) is 0 Å². The molecule has 0 atom stereocenters. The van der Waals surface area contributed by atoms with Crippen LogP contribution >= 0.6 is 0 Å². The van der Waals surface area contributed by atoms with E-state index in [2.05, 4.69) is 5.32 Å². The van der Waals surface area contributed by atoms with Gasteiger partial charge in [0.1, 0.15) is 11.5 Å². The van der Waals surface area contributed by atoms with Crippen LogP contribution in [0.15, 0.2) is 77.8 Å². The van der Waals surface area contributed by atoms with Gasteiger partial charge in [-0.15, -0.1) is 0 Å². The largest absolute Gasteiger partial charge is 0.497 e. The summed E-state index contributed by atoms with van der Waals surface area (Å²) in [4.78, 5) is 12.9. The third-order valence-corrected chi connectivity index (χ3v) is 7.15. The lowest BCUT2D eigenvalue weighted by Gasteiger charge is -2.31. The molecule has 0 fully saturated rings. The fraction of sp³-hybridized carbons (Fsp3) is 0.160. The number of nitrogens with zero attached hydrogens (tertiary/aromatic N) is 1. The van der Waals surface area contributed by atoms with Gasteiger partial charge in [-0.3, -0.25) is 9.10 Å². The first kappa shape index (κ1) is 22.4. The molecule has 1 aliphatic heterocycles. The SMILES string of the molecule is COc1ccc(OC)c(N/C=C2\C(=O)c3ccccc3N(Cc3cccc(C)c3)S2(=O)=O)c1. The molecule has 8 heteroatoms. The molecule has 1 N–H and O–H groups in total. The predicted octanol–water partition coefficient (Wildman–Crippen LogP) is 4.50. The van der Waals surface area contributed by atoms with Gasteiger partial charge < -0.3 is 14.8 Å². The van der Waals surface area contributed by atoms with Crippen LogP contribution in [-0.4, -0.2) is 28.4 Å². The summed E-state index contributed by atoms with van der Waals surface area (Å²) in [7, 11) is -1.10. The number of nitrogens with one attached hydrogen (secondary N) is 1. The first-order valence-corrected chi connectivity index (χ1v) is 11.7. The smallest absolute Gasteiger partial charge is 0.270 e. The van der Waals surface area contributed by atoms with Crippen molar-refractivity contribution >= 4 is 27.2 Å². The fourth-order valence-corrected chi connectivity index (χ4v) is 5.26. The monoisotopic (exact) mass is 464 g/mol. The van der Waals surface area contributed by atoms with Gasteiger partial charge in [0.05, 0.1) is 32.1 Å². The van der Waals surface area contributed by atoms with Gasteiger partial charge >= 0.3 is 0 Å². The number of carbonyl (C=O) groups is 1. The third kappa shape index (κ3) is 4.29. The molecule has 3 aromatic carbocycles. The normalized spacial score (nSPS) is 15.8. The molecule has 0 spiro atoms. The Balaban J connectivity index is 1.79. The summed E-state index contributed by atoms with van der Waals surface area (Å²) < 4.78 is 39.1. The molecule has 1 aliphatic rings. The van der Waals surface area contributed by atoms with Crippen molar-refractivity contribution in [2.45, 2.75) is 13.5 Å². The van der Waals surface area contributed by atoms with Gasteiger partial charge in [-0.25, -0.2) is 8.42 Å². The molecule has 3 aromatic rings. The summed E-state index contributed by atoms with van der Waals surface area (Å²) in [5.74, 6) is 0.465. The van der Waals surface area contributed by atoms with E-state index in [-0.39, 0.29) is 11.4 Å². The molecule has 0 radical (unpaired) electrons.